The van der Waals surface area contributed by atoms with Gasteiger partial charge in [-0.3, -0.25) is 0 Å². The van der Waals surface area contributed by atoms with Crippen LogP contribution in [0.4, 0.5) is 0 Å². The molecule has 80 valence electrons. The first-order valence-corrected chi connectivity index (χ1v) is 6.09. The van der Waals surface area contributed by atoms with Crippen molar-refractivity contribution in [2.75, 3.05) is 0 Å². The molecule has 2 aliphatic carbocycles. The lowest BCUT2D eigenvalue weighted by atomic mass is 9.95. The maximum absolute atomic E-state index is 2.39. The van der Waals surface area contributed by atoms with E-state index in [1.165, 1.54) is 41.5 Å². The van der Waals surface area contributed by atoms with Crippen molar-refractivity contribution < 1.29 is 0 Å². The van der Waals surface area contributed by atoms with Crippen molar-refractivity contribution in [3.63, 3.8) is 0 Å². The van der Waals surface area contributed by atoms with Crippen LogP contribution in [0.25, 0.3) is 5.57 Å². The highest BCUT2D eigenvalue weighted by atomic mass is 14.2. The van der Waals surface area contributed by atoms with Crippen LogP contribution in [0.2, 0.25) is 0 Å². The third kappa shape index (κ3) is 1.65. The Hall–Kier alpha value is -1.56. The normalized spacial score (nSPS) is 18.8. The van der Waals surface area contributed by atoms with Crippen LogP contribution in [0.15, 0.2) is 54.1 Å². The first kappa shape index (κ1) is 9.65. The molecule has 0 aliphatic heterocycles. The van der Waals surface area contributed by atoms with E-state index in [0.29, 0.717) is 0 Å². The fourth-order valence-corrected chi connectivity index (χ4v) is 2.64. The summed E-state index contributed by atoms with van der Waals surface area (Å²) in [4.78, 5) is 0. The highest BCUT2D eigenvalue weighted by Crippen LogP contribution is 2.34. The van der Waals surface area contributed by atoms with E-state index < -0.39 is 0 Å². The number of hydrogen-bond acceptors (Lipinski definition) is 0. The summed E-state index contributed by atoms with van der Waals surface area (Å²) in [6.07, 6.45) is 13.9. The van der Waals surface area contributed by atoms with Crippen LogP contribution in [-0.4, -0.2) is 0 Å². The Morgan fingerprint density at radius 1 is 1.00 bits per heavy atom. The number of aryl methyl sites for hydroxylation is 1. The zero-order valence-electron chi connectivity index (χ0n) is 9.45. The Morgan fingerprint density at radius 2 is 1.94 bits per heavy atom. The Bertz CT molecular complexity index is 487. The van der Waals surface area contributed by atoms with Crippen LogP contribution < -0.4 is 0 Å². The topological polar surface area (TPSA) is 0 Å². The van der Waals surface area contributed by atoms with Gasteiger partial charge in [0.05, 0.1) is 0 Å². The summed E-state index contributed by atoms with van der Waals surface area (Å²) >= 11 is 0. The first-order valence-electron chi connectivity index (χ1n) is 6.09. The van der Waals surface area contributed by atoms with Gasteiger partial charge in [-0.25, -0.2) is 0 Å². The predicted molar refractivity (Wildman–Crippen MR) is 69.2 cm³/mol. The summed E-state index contributed by atoms with van der Waals surface area (Å²) in [5.74, 6) is 0. The maximum Gasteiger partial charge on any atom is -0.0149 e. The molecule has 0 aromatic heterocycles. The predicted octanol–water partition coefficient (Wildman–Crippen LogP) is 4.29. The van der Waals surface area contributed by atoms with Crippen molar-refractivity contribution in [3.8, 4) is 0 Å². The van der Waals surface area contributed by atoms with Gasteiger partial charge >= 0.3 is 0 Å². The molecule has 0 nitrogen and oxygen atoms in total. The van der Waals surface area contributed by atoms with Crippen LogP contribution >= 0.6 is 0 Å². The van der Waals surface area contributed by atoms with Gasteiger partial charge in [-0.15, -0.1) is 0 Å². The second-order valence-corrected chi connectivity index (χ2v) is 4.48. The lowest BCUT2D eigenvalue weighted by molar-refractivity contribution is 0.837. The molecular weight excluding hydrogens is 192 g/mol. The molecule has 0 saturated heterocycles. The van der Waals surface area contributed by atoms with Gasteiger partial charge in [-0.1, -0.05) is 48.6 Å². The summed E-state index contributed by atoms with van der Waals surface area (Å²) in [6.45, 7) is 0. The number of fused-ring (bicyclic) bond motifs is 3. The zero-order chi connectivity index (χ0) is 10.8. The number of rotatable bonds is 0. The van der Waals surface area contributed by atoms with Gasteiger partial charge in [0, 0.05) is 0 Å². The Balaban J connectivity index is 2.18. The van der Waals surface area contributed by atoms with Crippen LogP contribution in [0.5, 0.6) is 0 Å². The van der Waals surface area contributed by atoms with Crippen LogP contribution in [0.1, 0.15) is 30.4 Å². The highest BCUT2D eigenvalue weighted by Gasteiger charge is 2.15. The van der Waals surface area contributed by atoms with E-state index in [-0.39, 0.29) is 0 Å². The molecule has 0 unspecified atom stereocenters. The fourth-order valence-electron chi connectivity index (χ4n) is 2.64. The first-order chi connectivity index (χ1) is 7.95. The van der Waals surface area contributed by atoms with Crippen LogP contribution in [-0.2, 0) is 6.42 Å². The van der Waals surface area contributed by atoms with Crippen molar-refractivity contribution >= 4 is 5.57 Å². The minimum atomic E-state index is 1.08. The second kappa shape index (κ2) is 4.13. The molecule has 0 fully saturated rings. The number of benzene rings is 1. The van der Waals surface area contributed by atoms with Gasteiger partial charge < -0.3 is 0 Å². The molecular formula is C16H16. The largest absolute Gasteiger partial charge is 0.0807 e. The van der Waals surface area contributed by atoms with Crippen LogP contribution in [0, 0.1) is 0 Å². The number of hydrogen-bond donors (Lipinski definition) is 0. The van der Waals surface area contributed by atoms with Gasteiger partial charge in [0.25, 0.3) is 0 Å². The lowest BCUT2D eigenvalue weighted by Gasteiger charge is -2.10. The Morgan fingerprint density at radius 3 is 2.94 bits per heavy atom. The molecule has 0 amide bonds. The van der Waals surface area contributed by atoms with Crippen molar-refractivity contribution in [3.05, 3.63) is 65.3 Å². The third-order valence-electron chi connectivity index (χ3n) is 3.45. The van der Waals surface area contributed by atoms with Gasteiger partial charge in [0.15, 0.2) is 0 Å². The molecule has 0 bridgehead atoms. The SMILES string of the molecule is C1=CCC=C2CCCc3ccccc3C2=C1. The Labute approximate surface area is 97.0 Å². The number of allylic oxidation sites excluding steroid dienone is 6. The van der Waals surface area contributed by atoms with Crippen molar-refractivity contribution in [2.24, 2.45) is 0 Å². The fraction of sp³-hybridized carbons (Fsp3) is 0.250. The van der Waals surface area contributed by atoms with E-state index in [1.54, 1.807) is 0 Å². The summed E-state index contributed by atoms with van der Waals surface area (Å²) in [5.41, 5.74) is 5.93. The average Bonchev–Trinajstić information content (AvgIpc) is 2.62. The van der Waals surface area contributed by atoms with E-state index >= 15 is 0 Å². The molecule has 0 heteroatoms. The van der Waals surface area contributed by atoms with E-state index in [0.717, 1.165) is 6.42 Å². The van der Waals surface area contributed by atoms with Crippen LogP contribution in [0.3, 0.4) is 0 Å². The molecule has 0 radical (unpaired) electrons. The van der Waals surface area contributed by atoms with Crippen molar-refractivity contribution in [1.82, 2.24) is 0 Å². The monoisotopic (exact) mass is 208 g/mol. The molecule has 0 saturated carbocycles. The molecule has 0 atom stereocenters. The average molecular weight is 208 g/mol. The summed E-state index contributed by atoms with van der Waals surface area (Å²) in [7, 11) is 0. The summed E-state index contributed by atoms with van der Waals surface area (Å²) < 4.78 is 0. The molecule has 2 aliphatic rings. The van der Waals surface area contributed by atoms with E-state index in [9.17, 15) is 0 Å². The molecule has 0 N–H and O–H groups in total. The van der Waals surface area contributed by atoms with E-state index in [4.69, 9.17) is 0 Å². The molecule has 3 rings (SSSR count). The quantitative estimate of drug-likeness (QED) is 0.596. The highest BCUT2D eigenvalue weighted by molar-refractivity contribution is 5.82. The minimum absolute atomic E-state index is 1.08. The zero-order valence-corrected chi connectivity index (χ0v) is 9.45. The van der Waals surface area contributed by atoms with Crippen molar-refractivity contribution in [1.29, 1.82) is 0 Å². The minimum Gasteiger partial charge on any atom is -0.0807 e. The summed E-state index contributed by atoms with van der Waals surface area (Å²) in [6, 6.07) is 8.84. The van der Waals surface area contributed by atoms with Gasteiger partial charge in [0.2, 0.25) is 0 Å². The standard InChI is InChI=1S/C16H16/c1-2-7-13-9-6-10-14-8-4-5-12-16(14)15(13)11-3-1/h1,3-5,7-8,11-12H,2,6,9-10H2. The molecule has 1 aromatic carbocycles. The van der Waals surface area contributed by atoms with Crippen molar-refractivity contribution in [2.45, 2.75) is 25.7 Å². The smallest absolute Gasteiger partial charge is 0.0149 e. The summed E-state index contributed by atoms with van der Waals surface area (Å²) in [5, 5.41) is 0. The third-order valence-corrected chi connectivity index (χ3v) is 3.45. The molecule has 0 spiro atoms. The second-order valence-electron chi connectivity index (χ2n) is 4.48. The Kier molecular flexibility index (Phi) is 2.49. The van der Waals surface area contributed by atoms with Gasteiger partial charge in [-0.2, -0.15) is 0 Å². The lowest BCUT2D eigenvalue weighted by Crippen LogP contribution is -1.90. The maximum atomic E-state index is 2.39. The molecule has 1 aromatic rings. The van der Waals surface area contributed by atoms with E-state index in [2.05, 4.69) is 48.6 Å². The van der Waals surface area contributed by atoms with E-state index in [1.807, 2.05) is 0 Å². The van der Waals surface area contributed by atoms with Gasteiger partial charge in [-0.05, 0) is 48.0 Å². The molecule has 0 heterocycles. The van der Waals surface area contributed by atoms with Gasteiger partial charge in [0.1, 0.15) is 0 Å². The molecule has 16 heavy (non-hydrogen) atoms.